The van der Waals surface area contributed by atoms with Crippen molar-refractivity contribution in [3.63, 3.8) is 0 Å². The molecule has 2 heterocycles. The number of nitrogens with zero attached hydrogens (tertiary/aromatic N) is 3. The molecule has 0 aromatic carbocycles. The number of nitriles is 1. The lowest BCUT2D eigenvalue weighted by atomic mass is 9.77. The standard InChI is InChI=1S/C10H9N3O/c11-4-8-12-5-7-6-14-10(2-1-3-10)9(7)13-8/h5H,1-3,6H2. The zero-order valence-electron chi connectivity index (χ0n) is 7.66. The zero-order valence-corrected chi connectivity index (χ0v) is 7.66. The molecular weight excluding hydrogens is 178 g/mol. The van der Waals surface area contributed by atoms with Crippen LogP contribution >= 0.6 is 0 Å². The molecule has 0 unspecified atom stereocenters. The Morgan fingerprint density at radius 3 is 3.00 bits per heavy atom. The van der Waals surface area contributed by atoms with Gasteiger partial charge in [0.2, 0.25) is 5.82 Å². The first-order chi connectivity index (χ1) is 6.84. The molecule has 0 radical (unpaired) electrons. The van der Waals surface area contributed by atoms with Crippen LogP contribution in [0.25, 0.3) is 0 Å². The lowest BCUT2D eigenvalue weighted by Crippen LogP contribution is -2.34. The van der Waals surface area contributed by atoms with Gasteiger partial charge in [0.15, 0.2) is 0 Å². The van der Waals surface area contributed by atoms with Crippen molar-refractivity contribution >= 4 is 0 Å². The molecular formula is C10H9N3O. The Kier molecular flexibility index (Phi) is 1.42. The summed E-state index contributed by atoms with van der Waals surface area (Å²) in [7, 11) is 0. The number of fused-ring (bicyclic) bond motifs is 2. The first kappa shape index (κ1) is 7.89. The number of rotatable bonds is 0. The molecule has 0 N–H and O–H groups in total. The summed E-state index contributed by atoms with van der Waals surface area (Å²) in [5.74, 6) is 0.250. The lowest BCUT2D eigenvalue weighted by molar-refractivity contribution is -0.0966. The minimum absolute atomic E-state index is 0.163. The zero-order chi connectivity index (χ0) is 9.60. The van der Waals surface area contributed by atoms with Gasteiger partial charge in [-0.15, -0.1) is 0 Å². The summed E-state index contributed by atoms with van der Waals surface area (Å²) in [4.78, 5) is 8.19. The average Bonchev–Trinajstić information content (AvgIpc) is 2.55. The summed E-state index contributed by atoms with van der Waals surface area (Å²) in [6.45, 7) is 0.598. The van der Waals surface area contributed by atoms with E-state index in [2.05, 4.69) is 9.97 Å². The molecule has 0 saturated heterocycles. The smallest absolute Gasteiger partial charge is 0.232 e. The molecule has 1 aliphatic heterocycles. The van der Waals surface area contributed by atoms with E-state index in [0.29, 0.717) is 6.61 Å². The largest absolute Gasteiger partial charge is 0.364 e. The number of hydrogen-bond acceptors (Lipinski definition) is 4. The number of ether oxygens (including phenoxy) is 1. The molecule has 4 heteroatoms. The summed E-state index contributed by atoms with van der Waals surface area (Å²) in [6.07, 6.45) is 4.96. The van der Waals surface area contributed by atoms with Crippen LogP contribution in [-0.2, 0) is 16.9 Å². The highest BCUT2D eigenvalue weighted by Crippen LogP contribution is 2.49. The van der Waals surface area contributed by atoms with Gasteiger partial charge in [0.25, 0.3) is 0 Å². The van der Waals surface area contributed by atoms with E-state index < -0.39 is 0 Å². The number of aromatic nitrogens is 2. The highest BCUT2D eigenvalue weighted by atomic mass is 16.5. The van der Waals surface area contributed by atoms with Crippen LogP contribution in [0.4, 0.5) is 0 Å². The van der Waals surface area contributed by atoms with Crippen molar-refractivity contribution in [1.29, 1.82) is 5.26 Å². The van der Waals surface area contributed by atoms with Gasteiger partial charge in [-0.25, -0.2) is 9.97 Å². The second-order valence-electron chi connectivity index (χ2n) is 3.82. The normalized spacial score (nSPS) is 21.4. The van der Waals surface area contributed by atoms with Gasteiger partial charge in [-0.1, -0.05) is 0 Å². The van der Waals surface area contributed by atoms with E-state index >= 15 is 0 Å². The van der Waals surface area contributed by atoms with Gasteiger partial charge in [0.05, 0.1) is 12.3 Å². The van der Waals surface area contributed by atoms with E-state index in [-0.39, 0.29) is 11.4 Å². The van der Waals surface area contributed by atoms with E-state index in [9.17, 15) is 0 Å². The van der Waals surface area contributed by atoms with Crippen LogP contribution in [-0.4, -0.2) is 9.97 Å². The summed E-state index contributed by atoms with van der Waals surface area (Å²) < 4.78 is 5.73. The quantitative estimate of drug-likeness (QED) is 0.613. The van der Waals surface area contributed by atoms with Gasteiger partial charge < -0.3 is 4.74 Å². The third-order valence-electron chi connectivity index (χ3n) is 3.06. The summed E-state index contributed by atoms with van der Waals surface area (Å²) in [5.41, 5.74) is 1.84. The van der Waals surface area contributed by atoms with Crippen molar-refractivity contribution in [1.82, 2.24) is 9.97 Å². The van der Waals surface area contributed by atoms with Gasteiger partial charge in [0.1, 0.15) is 11.7 Å². The fourth-order valence-electron chi connectivity index (χ4n) is 2.12. The Bertz CT molecular complexity index is 431. The van der Waals surface area contributed by atoms with Crippen LogP contribution in [0.1, 0.15) is 36.3 Å². The molecule has 1 saturated carbocycles. The molecule has 1 aliphatic carbocycles. The Morgan fingerprint density at radius 2 is 2.36 bits per heavy atom. The lowest BCUT2D eigenvalue weighted by Gasteiger charge is -2.36. The Labute approximate surface area is 81.6 Å². The van der Waals surface area contributed by atoms with E-state index in [0.717, 1.165) is 24.1 Å². The van der Waals surface area contributed by atoms with Crippen LogP contribution in [0.5, 0.6) is 0 Å². The van der Waals surface area contributed by atoms with Gasteiger partial charge in [-0.05, 0) is 19.3 Å². The van der Waals surface area contributed by atoms with Crippen molar-refractivity contribution in [2.24, 2.45) is 0 Å². The minimum atomic E-state index is -0.163. The van der Waals surface area contributed by atoms with Crippen LogP contribution in [0.15, 0.2) is 6.20 Å². The highest BCUT2D eigenvalue weighted by Gasteiger charge is 2.46. The molecule has 0 amide bonds. The van der Waals surface area contributed by atoms with Gasteiger partial charge in [0, 0.05) is 11.8 Å². The minimum Gasteiger partial charge on any atom is -0.364 e. The van der Waals surface area contributed by atoms with Crippen molar-refractivity contribution in [2.45, 2.75) is 31.5 Å². The summed E-state index contributed by atoms with van der Waals surface area (Å²) >= 11 is 0. The summed E-state index contributed by atoms with van der Waals surface area (Å²) in [6, 6.07) is 1.96. The molecule has 0 atom stereocenters. The van der Waals surface area contributed by atoms with E-state index in [4.69, 9.17) is 10.00 Å². The second kappa shape index (κ2) is 2.52. The molecule has 3 rings (SSSR count). The van der Waals surface area contributed by atoms with Crippen LogP contribution in [0.3, 0.4) is 0 Å². The van der Waals surface area contributed by atoms with Crippen LogP contribution < -0.4 is 0 Å². The Morgan fingerprint density at radius 1 is 1.50 bits per heavy atom. The molecule has 2 aliphatic rings. The van der Waals surface area contributed by atoms with Crippen molar-refractivity contribution in [3.8, 4) is 6.07 Å². The van der Waals surface area contributed by atoms with E-state index in [1.165, 1.54) is 6.42 Å². The molecule has 4 nitrogen and oxygen atoms in total. The van der Waals surface area contributed by atoms with Crippen molar-refractivity contribution in [2.75, 3.05) is 0 Å². The van der Waals surface area contributed by atoms with Crippen LogP contribution in [0.2, 0.25) is 0 Å². The van der Waals surface area contributed by atoms with Gasteiger partial charge in [-0.3, -0.25) is 0 Å². The Hall–Kier alpha value is -1.47. The molecule has 1 spiro atoms. The first-order valence-electron chi connectivity index (χ1n) is 4.74. The van der Waals surface area contributed by atoms with Crippen LogP contribution in [0, 0.1) is 11.3 Å². The maximum absolute atomic E-state index is 8.71. The SMILES string of the molecule is N#Cc1ncc2c(n1)C1(CCC1)OC2. The number of hydrogen-bond donors (Lipinski definition) is 0. The molecule has 1 fully saturated rings. The predicted octanol–water partition coefficient (Wildman–Crippen LogP) is 1.26. The molecule has 1 aromatic rings. The van der Waals surface area contributed by atoms with Gasteiger partial charge in [-0.2, -0.15) is 5.26 Å². The molecule has 70 valence electrons. The first-order valence-corrected chi connectivity index (χ1v) is 4.74. The monoisotopic (exact) mass is 187 g/mol. The third kappa shape index (κ3) is 0.851. The van der Waals surface area contributed by atoms with E-state index in [1.807, 2.05) is 6.07 Å². The van der Waals surface area contributed by atoms with Gasteiger partial charge >= 0.3 is 0 Å². The van der Waals surface area contributed by atoms with E-state index in [1.54, 1.807) is 6.20 Å². The fourth-order valence-corrected chi connectivity index (χ4v) is 2.12. The molecule has 1 aromatic heterocycles. The second-order valence-corrected chi connectivity index (χ2v) is 3.82. The molecule has 0 bridgehead atoms. The molecule has 14 heavy (non-hydrogen) atoms. The topological polar surface area (TPSA) is 58.8 Å². The third-order valence-corrected chi connectivity index (χ3v) is 3.06. The highest BCUT2D eigenvalue weighted by molar-refractivity contribution is 5.31. The Balaban J connectivity index is 2.13. The average molecular weight is 187 g/mol. The van der Waals surface area contributed by atoms with Crippen molar-refractivity contribution < 1.29 is 4.74 Å². The maximum Gasteiger partial charge on any atom is 0.232 e. The van der Waals surface area contributed by atoms with Crippen molar-refractivity contribution in [3.05, 3.63) is 23.3 Å². The maximum atomic E-state index is 8.71. The summed E-state index contributed by atoms with van der Waals surface area (Å²) in [5, 5.41) is 8.71. The predicted molar refractivity (Wildman–Crippen MR) is 47.1 cm³/mol. The fraction of sp³-hybridized carbons (Fsp3) is 0.500.